The van der Waals surface area contributed by atoms with Gasteiger partial charge >= 0.3 is 5.82 Å². The zero-order valence-corrected chi connectivity index (χ0v) is 14.6. The summed E-state index contributed by atoms with van der Waals surface area (Å²) < 4.78 is 5.56. The number of unbranched alkanes of at least 4 members (excludes halogenated alkanes) is 1. The summed E-state index contributed by atoms with van der Waals surface area (Å²) in [7, 11) is 1.67. The van der Waals surface area contributed by atoms with E-state index in [1.807, 2.05) is 6.92 Å². The predicted octanol–water partition coefficient (Wildman–Crippen LogP) is 1.75. The van der Waals surface area contributed by atoms with E-state index in [9.17, 15) is 19.7 Å². The first-order chi connectivity index (χ1) is 11.9. The number of aromatic nitrogens is 1. The SMILES string of the molecule is CCCCN(C)C(=O)CN1C(=O)C(CC)Oc2ccc([N+](=O)[O-])nc21. The first kappa shape index (κ1) is 18.6. The lowest BCUT2D eigenvalue weighted by molar-refractivity contribution is -0.389. The number of hydrogen-bond donors (Lipinski definition) is 0. The molecular formula is C16H22N4O5. The summed E-state index contributed by atoms with van der Waals surface area (Å²) in [5.74, 6) is -0.790. The van der Waals surface area contributed by atoms with E-state index in [4.69, 9.17) is 4.74 Å². The van der Waals surface area contributed by atoms with E-state index in [1.165, 1.54) is 17.0 Å². The van der Waals surface area contributed by atoms with E-state index < -0.39 is 22.8 Å². The van der Waals surface area contributed by atoms with Crippen molar-refractivity contribution in [1.82, 2.24) is 9.88 Å². The van der Waals surface area contributed by atoms with Crippen LogP contribution in [0.5, 0.6) is 5.75 Å². The number of rotatable bonds is 7. The number of likely N-dealkylation sites (N-methyl/N-ethyl adjacent to an activating group) is 1. The molecule has 0 saturated carbocycles. The van der Waals surface area contributed by atoms with Crippen molar-refractivity contribution in [3.05, 3.63) is 22.2 Å². The summed E-state index contributed by atoms with van der Waals surface area (Å²) in [6, 6.07) is 2.63. The Morgan fingerprint density at radius 3 is 2.76 bits per heavy atom. The molecule has 2 heterocycles. The lowest BCUT2D eigenvalue weighted by Crippen LogP contribution is -2.50. The van der Waals surface area contributed by atoms with Crippen molar-refractivity contribution in [2.45, 2.75) is 39.2 Å². The highest BCUT2D eigenvalue weighted by Gasteiger charge is 2.39. The van der Waals surface area contributed by atoms with Crippen LogP contribution in [0.25, 0.3) is 0 Å². The average molecular weight is 350 g/mol. The van der Waals surface area contributed by atoms with E-state index in [2.05, 4.69) is 4.98 Å². The Morgan fingerprint density at radius 1 is 1.44 bits per heavy atom. The molecule has 0 N–H and O–H groups in total. The molecule has 1 aromatic rings. The van der Waals surface area contributed by atoms with Gasteiger partial charge in [-0.15, -0.1) is 0 Å². The molecule has 0 saturated heterocycles. The second kappa shape index (κ2) is 7.91. The first-order valence-corrected chi connectivity index (χ1v) is 8.26. The Morgan fingerprint density at radius 2 is 2.16 bits per heavy atom. The minimum absolute atomic E-state index is 0.0149. The fourth-order valence-corrected chi connectivity index (χ4v) is 2.48. The molecule has 1 aliphatic rings. The number of hydrogen-bond acceptors (Lipinski definition) is 6. The summed E-state index contributed by atoms with van der Waals surface area (Å²) >= 11 is 0. The van der Waals surface area contributed by atoms with Gasteiger partial charge in [-0.25, -0.2) is 0 Å². The van der Waals surface area contributed by atoms with Gasteiger partial charge in [-0.2, -0.15) is 0 Å². The van der Waals surface area contributed by atoms with Gasteiger partial charge in [-0.05, 0) is 28.8 Å². The molecule has 1 atom stereocenters. The van der Waals surface area contributed by atoms with Gasteiger partial charge in [-0.1, -0.05) is 20.3 Å². The minimum Gasteiger partial charge on any atom is -0.474 e. The van der Waals surface area contributed by atoms with Crippen molar-refractivity contribution < 1.29 is 19.2 Å². The third-order valence-electron chi connectivity index (χ3n) is 4.02. The number of nitrogens with zero attached hydrogens (tertiary/aromatic N) is 4. The Kier molecular flexibility index (Phi) is 5.89. The lowest BCUT2D eigenvalue weighted by atomic mass is 10.2. The van der Waals surface area contributed by atoms with Crippen LogP contribution in [-0.2, 0) is 9.59 Å². The maximum absolute atomic E-state index is 12.6. The molecule has 1 aromatic heterocycles. The molecule has 1 aliphatic heterocycles. The predicted molar refractivity (Wildman–Crippen MR) is 90.5 cm³/mol. The van der Waals surface area contributed by atoms with E-state index in [0.717, 1.165) is 12.8 Å². The second-order valence-electron chi connectivity index (χ2n) is 5.86. The van der Waals surface area contributed by atoms with Crippen LogP contribution in [0.4, 0.5) is 11.6 Å². The van der Waals surface area contributed by atoms with Gasteiger partial charge in [0.1, 0.15) is 6.54 Å². The molecule has 1 unspecified atom stereocenters. The molecule has 0 bridgehead atoms. The van der Waals surface area contributed by atoms with Crippen molar-refractivity contribution in [3.63, 3.8) is 0 Å². The fraction of sp³-hybridized carbons (Fsp3) is 0.562. The summed E-state index contributed by atoms with van der Waals surface area (Å²) in [5.41, 5.74) is 0. The average Bonchev–Trinajstić information content (AvgIpc) is 2.60. The number of ether oxygens (including phenoxy) is 1. The first-order valence-electron chi connectivity index (χ1n) is 8.26. The van der Waals surface area contributed by atoms with Crippen LogP contribution in [0.1, 0.15) is 33.1 Å². The highest BCUT2D eigenvalue weighted by molar-refractivity contribution is 6.03. The van der Waals surface area contributed by atoms with Crippen LogP contribution in [-0.4, -0.2) is 52.9 Å². The van der Waals surface area contributed by atoms with Gasteiger partial charge < -0.3 is 19.8 Å². The lowest BCUT2D eigenvalue weighted by Gasteiger charge is -2.31. The maximum atomic E-state index is 12.6. The Bertz CT molecular complexity index is 678. The number of pyridine rings is 1. The number of fused-ring (bicyclic) bond motifs is 1. The zero-order valence-electron chi connectivity index (χ0n) is 14.6. The largest absolute Gasteiger partial charge is 0.474 e. The number of carbonyl (C=O) groups excluding carboxylic acids is 2. The van der Waals surface area contributed by atoms with Gasteiger partial charge in [-0.3, -0.25) is 14.5 Å². The smallest absolute Gasteiger partial charge is 0.366 e. The number of amides is 2. The van der Waals surface area contributed by atoms with E-state index >= 15 is 0 Å². The van der Waals surface area contributed by atoms with Crippen LogP contribution < -0.4 is 9.64 Å². The minimum atomic E-state index is -0.732. The van der Waals surface area contributed by atoms with Crippen molar-refractivity contribution in [1.29, 1.82) is 0 Å². The second-order valence-corrected chi connectivity index (χ2v) is 5.86. The van der Waals surface area contributed by atoms with Gasteiger partial charge in [0.15, 0.2) is 11.9 Å². The van der Waals surface area contributed by atoms with Crippen LogP contribution in [0.2, 0.25) is 0 Å². The number of anilines is 1. The maximum Gasteiger partial charge on any atom is 0.366 e. The molecular weight excluding hydrogens is 328 g/mol. The molecule has 9 heteroatoms. The van der Waals surface area contributed by atoms with Crippen LogP contribution in [0.15, 0.2) is 12.1 Å². The molecule has 0 spiro atoms. The Labute approximate surface area is 145 Å². The third-order valence-corrected chi connectivity index (χ3v) is 4.02. The molecule has 25 heavy (non-hydrogen) atoms. The molecule has 136 valence electrons. The van der Waals surface area contributed by atoms with Crippen LogP contribution >= 0.6 is 0 Å². The summed E-state index contributed by atoms with van der Waals surface area (Å²) in [4.78, 5) is 42.0. The summed E-state index contributed by atoms with van der Waals surface area (Å²) in [6.45, 7) is 4.18. The van der Waals surface area contributed by atoms with Gasteiger partial charge in [0.2, 0.25) is 5.91 Å². The molecule has 9 nitrogen and oxygen atoms in total. The molecule has 0 fully saturated rings. The van der Waals surface area contributed by atoms with Crippen molar-refractivity contribution in [3.8, 4) is 5.75 Å². The van der Waals surface area contributed by atoms with E-state index in [-0.39, 0.29) is 24.0 Å². The Balaban J connectivity index is 2.31. The topological polar surface area (TPSA) is 106 Å². The molecule has 0 radical (unpaired) electrons. The molecule has 2 amide bonds. The van der Waals surface area contributed by atoms with E-state index in [1.54, 1.807) is 18.9 Å². The fourth-order valence-electron chi connectivity index (χ4n) is 2.48. The van der Waals surface area contributed by atoms with E-state index in [0.29, 0.717) is 13.0 Å². The van der Waals surface area contributed by atoms with Crippen molar-refractivity contribution in [2.75, 3.05) is 25.0 Å². The van der Waals surface area contributed by atoms with Crippen LogP contribution in [0.3, 0.4) is 0 Å². The third kappa shape index (κ3) is 4.04. The molecule has 0 aliphatic carbocycles. The monoisotopic (exact) mass is 350 g/mol. The number of carbonyl (C=O) groups is 2. The van der Waals surface area contributed by atoms with Gasteiger partial charge in [0.25, 0.3) is 11.7 Å². The summed E-state index contributed by atoms with van der Waals surface area (Å²) in [6.07, 6.45) is 1.50. The summed E-state index contributed by atoms with van der Waals surface area (Å²) in [5, 5.41) is 11.0. The highest BCUT2D eigenvalue weighted by atomic mass is 16.6. The quantitative estimate of drug-likeness (QED) is 0.548. The number of nitro groups is 1. The standard InChI is InChI=1S/C16H22N4O5/c1-4-6-9-18(3)14(21)10-19-15-12(25-11(5-2)16(19)22)7-8-13(17-15)20(23)24/h7-8,11H,4-6,9-10H2,1-3H3. The Hall–Kier alpha value is -2.71. The highest BCUT2D eigenvalue weighted by Crippen LogP contribution is 2.34. The molecule has 2 rings (SSSR count). The van der Waals surface area contributed by atoms with Crippen molar-refractivity contribution >= 4 is 23.5 Å². The van der Waals surface area contributed by atoms with Gasteiger partial charge in [0, 0.05) is 19.7 Å². The zero-order chi connectivity index (χ0) is 18.6. The van der Waals surface area contributed by atoms with Gasteiger partial charge in [0.05, 0.1) is 0 Å². The molecule has 0 aromatic carbocycles. The van der Waals surface area contributed by atoms with Crippen molar-refractivity contribution in [2.24, 2.45) is 0 Å². The normalized spacial score (nSPS) is 16.2. The van der Waals surface area contributed by atoms with Crippen LogP contribution in [0, 0.1) is 10.1 Å².